The summed E-state index contributed by atoms with van der Waals surface area (Å²) in [6.45, 7) is 0. The Morgan fingerprint density at radius 3 is 2.65 bits per heavy atom. The van der Waals surface area contributed by atoms with E-state index in [-0.39, 0.29) is 23.8 Å². The van der Waals surface area contributed by atoms with Crippen molar-refractivity contribution in [2.75, 3.05) is 7.05 Å². The number of rotatable bonds is 2. The summed E-state index contributed by atoms with van der Waals surface area (Å²) in [6.07, 6.45) is 5.30. The normalized spacial score (nSPS) is 39.7. The summed E-state index contributed by atoms with van der Waals surface area (Å²) in [7, 11) is 1.59. The van der Waals surface area contributed by atoms with Gasteiger partial charge in [-0.15, -0.1) is 0 Å². The van der Waals surface area contributed by atoms with Gasteiger partial charge in [0.1, 0.15) is 0 Å². The molecular weight excluding hydrogens is 395 g/mol. The van der Waals surface area contributed by atoms with E-state index in [0.717, 1.165) is 12.8 Å². The third-order valence-corrected chi connectivity index (χ3v) is 9.43. The van der Waals surface area contributed by atoms with Crippen molar-refractivity contribution in [3.05, 3.63) is 30.3 Å². The van der Waals surface area contributed by atoms with Crippen LogP contribution in [0.1, 0.15) is 32.1 Å². The van der Waals surface area contributed by atoms with Crippen molar-refractivity contribution >= 4 is 31.2 Å². The molecular formula is C20H24N2O3Se. The first-order valence-corrected chi connectivity index (χ1v) is 11.5. The zero-order chi connectivity index (χ0) is 17.8. The van der Waals surface area contributed by atoms with Gasteiger partial charge >= 0.3 is 160 Å². The molecule has 0 aromatic heterocycles. The van der Waals surface area contributed by atoms with E-state index in [4.69, 9.17) is 4.84 Å². The molecule has 4 aliphatic rings. The molecule has 6 atom stereocenters. The predicted octanol–water partition coefficient (Wildman–Crippen LogP) is 1.37. The minimum atomic E-state index is -0.581. The molecule has 5 rings (SSSR count). The molecule has 3 aliphatic heterocycles. The summed E-state index contributed by atoms with van der Waals surface area (Å²) in [5.41, 5.74) is 0. The van der Waals surface area contributed by atoms with Gasteiger partial charge in [0.2, 0.25) is 0 Å². The molecule has 1 aromatic carbocycles. The van der Waals surface area contributed by atoms with Crippen molar-refractivity contribution in [1.29, 1.82) is 0 Å². The molecule has 2 amide bonds. The number of hydroxylamine groups is 2. The van der Waals surface area contributed by atoms with Crippen LogP contribution in [0.5, 0.6) is 0 Å². The number of hydrogen-bond donors (Lipinski definition) is 0. The predicted molar refractivity (Wildman–Crippen MR) is 97.7 cm³/mol. The van der Waals surface area contributed by atoms with Crippen LogP contribution in [0.15, 0.2) is 30.3 Å². The number of amides is 2. The average molecular weight is 419 g/mol. The quantitative estimate of drug-likeness (QED) is 0.537. The average Bonchev–Trinajstić information content (AvgIpc) is 3.15. The van der Waals surface area contributed by atoms with Crippen LogP contribution >= 0.6 is 0 Å². The maximum absolute atomic E-state index is 12.6. The molecule has 26 heavy (non-hydrogen) atoms. The summed E-state index contributed by atoms with van der Waals surface area (Å²) in [6, 6.07) is 11.2. The van der Waals surface area contributed by atoms with Gasteiger partial charge in [-0.3, -0.25) is 0 Å². The van der Waals surface area contributed by atoms with Crippen LogP contribution in [-0.2, 0) is 14.4 Å². The first-order valence-electron chi connectivity index (χ1n) is 9.63. The number of carbonyl (C=O) groups excluding carboxylic acids is 2. The van der Waals surface area contributed by atoms with Crippen LogP contribution < -0.4 is 4.46 Å². The third kappa shape index (κ3) is 2.50. The molecule has 0 bridgehead atoms. The Labute approximate surface area is 160 Å². The summed E-state index contributed by atoms with van der Waals surface area (Å²) < 4.78 is 1.43. The molecule has 3 saturated heterocycles. The number of fused-ring (bicyclic) bond motifs is 5. The monoisotopic (exact) mass is 420 g/mol. The number of likely N-dealkylation sites (tertiary alicyclic amines) is 1. The SMILES string of the molecule is CN1C(=O)[C@@H]2[C@@H](ON3[C@H]4[C@H](CCC[C@@H]4[Se]c4ccccc4)CC[C@@H]23)C1=O. The van der Waals surface area contributed by atoms with Gasteiger partial charge in [-0.2, -0.15) is 0 Å². The molecule has 3 heterocycles. The third-order valence-electron chi connectivity index (χ3n) is 6.58. The Balaban J connectivity index is 1.43. The maximum atomic E-state index is 12.6. The first kappa shape index (κ1) is 16.9. The van der Waals surface area contributed by atoms with Gasteiger partial charge in [0.25, 0.3) is 0 Å². The van der Waals surface area contributed by atoms with Gasteiger partial charge in [0.15, 0.2) is 0 Å². The van der Waals surface area contributed by atoms with Crippen LogP contribution in [0, 0.1) is 11.8 Å². The van der Waals surface area contributed by atoms with E-state index in [1.54, 1.807) is 7.05 Å². The van der Waals surface area contributed by atoms with Crippen LogP contribution in [-0.4, -0.2) is 62.0 Å². The van der Waals surface area contributed by atoms with E-state index in [9.17, 15) is 9.59 Å². The Morgan fingerprint density at radius 1 is 1.04 bits per heavy atom. The number of benzene rings is 1. The van der Waals surface area contributed by atoms with Crippen LogP contribution in [0.4, 0.5) is 0 Å². The molecule has 0 N–H and O–H groups in total. The van der Waals surface area contributed by atoms with Gasteiger partial charge in [0, 0.05) is 0 Å². The number of nitrogens with zero attached hydrogens (tertiary/aromatic N) is 2. The van der Waals surface area contributed by atoms with E-state index in [2.05, 4.69) is 35.4 Å². The van der Waals surface area contributed by atoms with E-state index >= 15 is 0 Å². The number of imide groups is 1. The van der Waals surface area contributed by atoms with Crippen molar-refractivity contribution < 1.29 is 14.4 Å². The van der Waals surface area contributed by atoms with Crippen molar-refractivity contribution in [3.8, 4) is 0 Å². The Hall–Kier alpha value is -1.20. The fourth-order valence-electron chi connectivity index (χ4n) is 5.35. The molecule has 4 fully saturated rings. The van der Waals surface area contributed by atoms with Gasteiger partial charge in [-0.1, -0.05) is 0 Å². The number of carbonyl (C=O) groups is 2. The molecule has 0 spiro atoms. The molecule has 1 aromatic rings. The number of likely N-dealkylation sites (N-methyl/N-ethyl adjacent to an activating group) is 1. The summed E-state index contributed by atoms with van der Waals surface area (Å²) >= 11 is 0.387. The van der Waals surface area contributed by atoms with Crippen LogP contribution in [0.3, 0.4) is 0 Å². The first-order chi connectivity index (χ1) is 12.6. The van der Waals surface area contributed by atoms with Crippen molar-refractivity contribution in [3.63, 3.8) is 0 Å². The molecule has 138 valence electrons. The molecule has 0 unspecified atom stereocenters. The molecule has 0 radical (unpaired) electrons. The fraction of sp³-hybridized carbons (Fsp3) is 0.600. The summed E-state index contributed by atoms with van der Waals surface area (Å²) in [5, 5.41) is 2.13. The Morgan fingerprint density at radius 2 is 1.85 bits per heavy atom. The standard InChI is InChI=1S/C20H24N2O3Se/c1-21-19(23)16-14-11-10-12-6-5-9-15(26-13-7-3-2-4-8-13)17(12)22(14)25-18(16)20(21)24/h2-4,7-8,12,14-18H,5-6,9-11H2,1H3/t12-,14+,15+,16+,17+,18-/m1/s1. The zero-order valence-electron chi connectivity index (χ0n) is 14.9. The summed E-state index contributed by atoms with van der Waals surface area (Å²) in [5.74, 6) is 0.136. The molecule has 1 saturated carbocycles. The Bertz CT molecular complexity index is 727. The minimum absolute atomic E-state index is 0.0492. The van der Waals surface area contributed by atoms with E-state index < -0.39 is 6.10 Å². The second kappa shape index (κ2) is 6.45. The van der Waals surface area contributed by atoms with Gasteiger partial charge in [-0.05, 0) is 0 Å². The molecule has 5 nitrogen and oxygen atoms in total. The summed E-state index contributed by atoms with van der Waals surface area (Å²) in [4.78, 5) is 33.1. The molecule has 6 heteroatoms. The zero-order valence-corrected chi connectivity index (χ0v) is 16.6. The van der Waals surface area contributed by atoms with Gasteiger partial charge in [0.05, 0.1) is 0 Å². The number of hydrogen-bond acceptors (Lipinski definition) is 4. The van der Waals surface area contributed by atoms with Crippen LogP contribution in [0.2, 0.25) is 4.82 Å². The topological polar surface area (TPSA) is 49.9 Å². The second-order valence-electron chi connectivity index (χ2n) is 7.94. The van der Waals surface area contributed by atoms with Crippen LogP contribution in [0.25, 0.3) is 0 Å². The van der Waals surface area contributed by atoms with Gasteiger partial charge in [-0.25, -0.2) is 0 Å². The van der Waals surface area contributed by atoms with E-state index in [1.807, 2.05) is 0 Å². The Kier molecular flexibility index (Phi) is 4.20. The number of piperidine rings is 1. The van der Waals surface area contributed by atoms with Crippen molar-refractivity contribution in [2.24, 2.45) is 11.8 Å². The van der Waals surface area contributed by atoms with Gasteiger partial charge < -0.3 is 0 Å². The van der Waals surface area contributed by atoms with E-state index in [1.165, 1.54) is 28.6 Å². The van der Waals surface area contributed by atoms with Crippen molar-refractivity contribution in [1.82, 2.24) is 9.96 Å². The van der Waals surface area contributed by atoms with Crippen molar-refractivity contribution in [2.45, 2.75) is 55.1 Å². The fourth-order valence-corrected chi connectivity index (χ4v) is 8.35. The molecule has 1 aliphatic carbocycles. The second-order valence-corrected chi connectivity index (χ2v) is 10.7. The van der Waals surface area contributed by atoms with E-state index in [0.29, 0.717) is 31.7 Å².